The van der Waals surface area contributed by atoms with Gasteiger partial charge in [-0.3, -0.25) is 4.79 Å². The summed E-state index contributed by atoms with van der Waals surface area (Å²) in [6.45, 7) is 2.02. The van der Waals surface area contributed by atoms with Crippen molar-refractivity contribution in [3.8, 4) is 0 Å². The molecule has 7 heteroatoms. The lowest BCUT2D eigenvalue weighted by atomic mass is 10.0. The molecule has 1 saturated heterocycles. The summed E-state index contributed by atoms with van der Waals surface area (Å²) in [5, 5.41) is 12.0. The first-order valence-electron chi connectivity index (χ1n) is 7.02. The minimum atomic E-state index is -3.63. The van der Waals surface area contributed by atoms with Gasteiger partial charge in [0, 0.05) is 18.3 Å². The highest BCUT2D eigenvalue weighted by atomic mass is 32.2. The number of hydrogen-bond acceptors (Lipinski definition) is 4. The zero-order valence-corrected chi connectivity index (χ0v) is 12.6. The Morgan fingerprint density at radius 1 is 1.43 bits per heavy atom. The third-order valence-electron chi connectivity index (χ3n) is 4.28. The van der Waals surface area contributed by atoms with Crippen molar-refractivity contribution in [2.75, 3.05) is 18.5 Å². The van der Waals surface area contributed by atoms with Crippen molar-refractivity contribution >= 4 is 21.6 Å². The van der Waals surface area contributed by atoms with Crippen LogP contribution < -0.4 is 5.32 Å². The van der Waals surface area contributed by atoms with Gasteiger partial charge in [0.05, 0.1) is 17.4 Å². The van der Waals surface area contributed by atoms with Crippen LogP contribution in [0.5, 0.6) is 0 Å². The van der Waals surface area contributed by atoms with Gasteiger partial charge < -0.3 is 10.4 Å². The highest BCUT2D eigenvalue weighted by Gasteiger charge is 2.36. The molecule has 0 aromatic heterocycles. The largest absolute Gasteiger partial charge is 0.395 e. The molecule has 2 heterocycles. The molecule has 0 aliphatic carbocycles. The Hall–Kier alpha value is -1.44. The second-order valence-electron chi connectivity index (χ2n) is 5.55. The second-order valence-corrected chi connectivity index (χ2v) is 7.44. The van der Waals surface area contributed by atoms with Crippen LogP contribution in [-0.2, 0) is 14.8 Å². The van der Waals surface area contributed by atoms with Crippen LogP contribution in [0.2, 0.25) is 0 Å². The van der Waals surface area contributed by atoms with Crippen LogP contribution >= 0.6 is 0 Å². The summed E-state index contributed by atoms with van der Waals surface area (Å²) in [7, 11) is -3.63. The lowest BCUT2D eigenvalue weighted by molar-refractivity contribution is -0.116. The Morgan fingerprint density at radius 2 is 2.19 bits per heavy atom. The molecule has 6 nitrogen and oxygen atoms in total. The molecule has 2 aliphatic rings. The molecule has 0 radical (unpaired) electrons. The molecule has 2 aliphatic heterocycles. The molecular weight excluding hydrogens is 292 g/mol. The number of aliphatic hydroxyl groups is 1. The third-order valence-corrected chi connectivity index (χ3v) is 6.23. The molecule has 2 atom stereocenters. The lowest BCUT2D eigenvalue weighted by Gasteiger charge is -2.22. The topological polar surface area (TPSA) is 86.7 Å². The monoisotopic (exact) mass is 310 g/mol. The fraction of sp³-hybridized carbons (Fsp3) is 0.500. The van der Waals surface area contributed by atoms with Gasteiger partial charge in [0.15, 0.2) is 0 Å². The van der Waals surface area contributed by atoms with Crippen molar-refractivity contribution in [3.05, 3.63) is 23.8 Å². The van der Waals surface area contributed by atoms with Crippen LogP contribution in [0.4, 0.5) is 5.69 Å². The van der Waals surface area contributed by atoms with E-state index in [0.29, 0.717) is 24.2 Å². The summed E-state index contributed by atoms with van der Waals surface area (Å²) in [6.07, 6.45) is 1.43. The first kappa shape index (κ1) is 14.5. The number of carbonyl (C=O) groups is 1. The number of carbonyl (C=O) groups excluding carboxylic acids is 1. The van der Waals surface area contributed by atoms with E-state index in [-0.39, 0.29) is 29.4 Å². The fourth-order valence-corrected chi connectivity index (χ4v) is 4.72. The van der Waals surface area contributed by atoms with E-state index in [9.17, 15) is 18.3 Å². The van der Waals surface area contributed by atoms with Crippen molar-refractivity contribution in [1.82, 2.24) is 4.31 Å². The summed E-state index contributed by atoms with van der Waals surface area (Å²) in [5.74, 6) is -0.462. The predicted octanol–water partition coefficient (Wildman–Crippen LogP) is 0.888. The average Bonchev–Trinajstić information content (AvgIpc) is 3.05. The lowest BCUT2D eigenvalue weighted by Crippen LogP contribution is -2.37. The quantitative estimate of drug-likeness (QED) is 0.868. The van der Waals surface area contributed by atoms with E-state index in [2.05, 4.69) is 5.32 Å². The van der Waals surface area contributed by atoms with E-state index >= 15 is 0 Å². The maximum absolute atomic E-state index is 12.7. The zero-order chi connectivity index (χ0) is 15.2. The fourth-order valence-electron chi connectivity index (χ4n) is 3.00. The van der Waals surface area contributed by atoms with E-state index in [1.165, 1.54) is 10.4 Å². The van der Waals surface area contributed by atoms with Crippen LogP contribution in [0.3, 0.4) is 0 Å². The van der Waals surface area contributed by atoms with E-state index in [1.54, 1.807) is 19.1 Å². The summed E-state index contributed by atoms with van der Waals surface area (Å²) in [5.41, 5.74) is 1.38. The van der Waals surface area contributed by atoms with E-state index in [1.807, 2.05) is 0 Å². The standard InChI is InChI=1S/C14H18N2O4S/c1-9-12-7-11(4-5-13(12)15-14(9)18)21(19,20)16-6-2-3-10(16)8-17/h4-5,7,9-10,17H,2-3,6,8H2,1H3,(H,15,18)/t9?,10-/m0/s1. The summed E-state index contributed by atoms with van der Waals surface area (Å²) in [4.78, 5) is 11.8. The maximum Gasteiger partial charge on any atom is 0.243 e. The van der Waals surface area contributed by atoms with E-state index in [4.69, 9.17) is 0 Å². The molecule has 1 amide bonds. The molecule has 1 aromatic carbocycles. The molecular formula is C14H18N2O4S. The number of fused-ring (bicyclic) bond motifs is 1. The highest BCUT2D eigenvalue weighted by molar-refractivity contribution is 7.89. The molecule has 114 valence electrons. The number of sulfonamides is 1. The number of nitrogens with zero attached hydrogens (tertiary/aromatic N) is 1. The third kappa shape index (κ3) is 2.25. The van der Waals surface area contributed by atoms with E-state index in [0.717, 1.165) is 6.42 Å². The average molecular weight is 310 g/mol. The number of anilines is 1. The molecule has 3 rings (SSSR count). The zero-order valence-electron chi connectivity index (χ0n) is 11.7. The summed E-state index contributed by atoms with van der Waals surface area (Å²) in [6, 6.07) is 4.37. The van der Waals surface area contributed by atoms with E-state index < -0.39 is 10.0 Å². The summed E-state index contributed by atoms with van der Waals surface area (Å²) >= 11 is 0. The number of nitrogens with one attached hydrogen (secondary N) is 1. The van der Waals surface area contributed by atoms with Crippen molar-refractivity contribution in [1.29, 1.82) is 0 Å². The first-order valence-corrected chi connectivity index (χ1v) is 8.46. The minimum Gasteiger partial charge on any atom is -0.395 e. The highest BCUT2D eigenvalue weighted by Crippen LogP contribution is 2.35. The van der Waals surface area contributed by atoms with Gasteiger partial charge in [-0.05, 0) is 43.5 Å². The number of aliphatic hydroxyl groups excluding tert-OH is 1. The van der Waals surface area contributed by atoms with Crippen molar-refractivity contribution in [2.24, 2.45) is 0 Å². The predicted molar refractivity (Wildman–Crippen MR) is 77.5 cm³/mol. The van der Waals surface area contributed by atoms with Gasteiger partial charge in [-0.1, -0.05) is 0 Å². The van der Waals surface area contributed by atoms with Crippen LogP contribution in [0, 0.1) is 0 Å². The first-order chi connectivity index (χ1) is 9.95. The number of amides is 1. The normalized spacial score (nSPS) is 25.9. The molecule has 0 saturated carbocycles. The molecule has 0 spiro atoms. The van der Waals surface area contributed by atoms with Gasteiger partial charge in [0.1, 0.15) is 0 Å². The smallest absolute Gasteiger partial charge is 0.243 e. The molecule has 1 aromatic rings. The van der Waals surface area contributed by atoms with Gasteiger partial charge >= 0.3 is 0 Å². The Bertz CT molecular complexity index is 686. The number of hydrogen-bond donors (Lipinski definition) is 2. The second kappa shape index (κ2) is 5.08. The van der Waals surface area contributed by atoms with Crippen LogP contribution in [-0.4, -0.2) is 42.9 Å². The molecule has 1 fully saturated rings. The van der Waals surface area contributed by atoms with Crippen LogP contribution in [0.1, 0.15) is 31.2 Å². The Morgan fingerprint density at radius 3 is 2.90 bits per heavy atom. The Labute approximate surface area is 123 Å². The maximum atomic E-state index is 12.7. The molecule has 21 heavy (non-hydrogen) atoms. The van der Waals surface area contributed by atoms with Gasteiger partial charge in [-0.25, -0.2) is 8.42 Å². The van der Waals surface area contributed by atoms with Crippen LogP contribution in [0.25, 0.3) is 0 Å². The Kier molecular flexibility index (Phi) is 3.51. The van der Waals surface area contributed by atoms with Gasteiger partial charge in [-0.15, -0.1) is 0 Å². The number of rotatable bonds is 3. The van der Waals surface area contributed by atoms with Crippen LogP contribution in [0.15, 0.2) is 23.1 Å². The molecule has 1 unspecified atom stereocenters. The van der Waals surface area contributed by atoms with Crippen molar-refractivity contribution in [3.63, 3.8) is 0 Å². The van der Waals surface area contributed by atoms with Crippen molar-refractivity contribution in [2.45, 2.75) is 36.6 Å². The number of benzene rings is 1. The van der Waals surface area contributed by atoms with Gasteiger partial charge in [0.25, 0.3) is 0 Å². The van der Waals surface area contributed by atoms with Gasteiger partial charge in [0.2, 0.25) is 15.9 Å². The molecule has 2 N–H and O–H groups in total. The molecule has 0 bridgehead atoms. The Balaban J connectivity index is 1.99. The summed E-state index contributed by atoms with van der Waals surface area (Å²) < 4.78 is 26.8. The minimum absolute atomic E-state index is 0.117. The van der Waals surface area contributed by atoms with Crippen molar-refractivity contribution < 1.29 is 18.3 Å². The van der Waals surface area contributed by atoms with Gasteiger partial charge in [-0.2, -0.15) is 4.31 Å². The SMILES string of the molecule is CC1C(=O)Nc2ccc(S(=O)(=O)N3CCC[C@H]3CO)cc21.